The third kappa shape index (κ3) is 5.13. The summed E-state index contributed by atoms with van der Waals surface area (Å²) < 4.78 is 9.68. The van der Waals surface area contributed by atoms with Crippen LogP contribution in [0.1, 0.15) is 41.8 Å². The molecule has 4 aromatic rings. The maximum atomic E-state index is 14.5. The lowest BCUT2D eigenvalue weighted by Crippen LogP contribution is -2.46. The summed E-state index contributed by atoms with van der Waals surface area (Å²) in [6.07, 6.45) is 1.07. The summed E-state index contributed by atoms with van der Waals surface area (Å²) in [5, 5.41) is 19.2. The van der Waals surface area contributed by atoms with E-state index in [9.17, 15) is 14.7 Å². The zero-order chi connectivity index (χ0) is 29.6. The minimum atomic E-state index is -2.78. The highest BCUT2D eigenvalue weighted by molar-refractivity contribution is 14.1. The maximum Gasteiger partial charge on any atom is 0.264 e. The number of nitrogens with zero attached hydrogens (tertiary/aromatic N) is 4. The second kappa shape index (κ2) is 11.3. The van der Waals surface area contributed by atoms with Crippen molar-refractivity contribution in [3.05, 3.63) is 111 Å². The van der Waals surface area contributed by atoms with E-state index in [2.05, 4.69) is 45.9 Å². The molecule has 0 saturated carbocycles. The predicted octanol–water partition coefficient (Wildman–Crippen LogP) is 5.40. The number of aliphatic hydroxyl groups is 1. The van der Waals surface area contributed by atoms with Crippen LogP contribution in [0.15, 0.2) is 85.1 Å². The van der Waals surface area contributed by atoms with Crippen molar-refractivity contribution in [3.8, 4) is 0 Å². The Balaban J connectivity index is 1.30. The molecule has 8 nitrogen and oxygen atoms in total. The first kappa shape index (κ1) is 29.2. The third-order valence-corrected chi connectivity index (χ3v) is 11.9. The van der Waals surface area contributed by atoms with E-state index in [0.717, 1.165) is 25.9 Å². The molecule has 218 valence electrons. The molecule has 10 heteroatoms. The van der Waals surface area contributed by atoms with Crippen LogP contribution in [-0.2, 0) is 28.2 Å². The van der Waals surface area contributed by atoms with E-state index in [1.54, 1.807) is 10.9 Å². The molecule has 2 N–H and O–H groups in total. The van der Waals surface area contributed by atoms with Crippen LogP contribution >= 0.6 is 22.6 Å². The Morgan fingerprint density at radius 3 is 2.45 bits per heavy atom. The second-order valence-electron chi connectivity index (χ2n) is 11.9. The fourth-order valence-electron chi connectivity index (χ4n) is 6.86. The zero-order valence-electron chi connectivity index (χ0n) is 23.9. The zero-order valence-corrected chi connectivity index (χ0v) is 27.0. The number of aryl methyl sites for hydroxylation is 1. The van der Waals surface area contributed by atoms with Gasteiger partial charge in [0, 0.05) is 27.1 Å². The Morgan fingerprint density at radius 1 is 1.07 bits per heavy atom. The molecule has 1 saturated heterocycles. The molecule has 2 aliphatic heterocycles. The Hall–Kier alpha value is -2.90. The summed E-state index contributed by atoms with van der Waals surface area (Å²) in [7, 11) is -2.78. The summed E-state index contributed by atoms with van der Waals surface area (Å²) in [5.41, 5.74) is 2.65. The maximum absolute atomic E-state index is 14.5. The van der Waals surface area contributed by atoms with Gasteiger partial charge in [0.15, 0.2) is 13.9 Å². The van der Waals surface area contributed by atoms with Crippen molar-refractivity contribution >= 4 is 42.5 Å². The number of carbonyl (C=O) groups is 1. The first-order valence-corrected chi connectivity index (χ1v) is 18.4. The molecule has 0 radical (unpaired) electrons. The molecule has 0 bridgehead atoms. The number of halogens is 1. The summed E-state index contributed by atoms with van der Waals surface area (Å²) in [6, 6.07) is 25.5. The molecule has 1 amide bonds. The monoisotopic (exact) mass is 694 g/mol. The molecule has 1 aromatic heterocycles. The van der Waals surface area contributed by atoms with Crippen LogP contribution in [0.25, 0.3) is 0 Å². The van der Waals surface area contributed by atoms with Crippen molar-refractivity contribution in [2.24, 2.45) is 5.92 Å². The van der Waals surface area contributed by atoms with Crippen LogP contribution in [0.4, 0.5) is 5.69 Å². The van der Waals surface area contributed by atoms with Gasteiger partial charge in [-0.05, 0) is 71.4 Å². The average molecular weight is 695 g/mol. The van der Waals surface area contributed by atoms with Crippen molar-refractivity contribution in [3.63, 3.8) is 0 Å². The second-order valence-corrected chi connectivity index (χ2v) is 17.1. The number of aromatic nitrogens is 3. The molecule has 0 aliphatic carbocycles. The summed E-state index contributed by atoms with van der Waals surface area (Å²) in [5.74, 6) is -0.304. The van der Waals surface area contributed by atoms with Gasteiger partial charge in [0.1, 0.15) is 11.8 Å². The Kier molecular flexibility index (Phi) is 7.86. The topological polar surface area (TPSA) is 101 Å². The van der Waals surface area contributed by atoms with E-state index in [0.29, 0.717) is 25.2 Å². The lowest BCUT2D eigenvalue weighted by atomic mass is 9.82. The van der Waals surface area contributed by atoms with Gasteiger partial charge in [-0.1, -0.05) is 72.8 Å². The van der Waals surface area contributed by atoms with Gasteiger partial charge >= 0.3 is 0 Å². The van der Waals surface area contributed by atoms with Gasteiger partial charge in [-0.2, -0.15) is 0 Å². The number of amides is 1. The number of ether oxygens (including phenoxy) is 1. The van der Waals surface area contributed by atoms with Gasteiger partial charge in [-0.25, -0.2) is 0 Å². The van der Waals surface area contributed by atoms with Crippen LogP contribution in [0, 0.1) is 9.49 Å². The number of anilines is 1. The molecule has 0 unspecified atom stereocenters. The highest BCUT2D eigenvalue weighted by atomic mass is 127. The molecular weight excluding hydrogens is 659 g/mol. The number of hydrogen-bond acceptors (Lipinski definition) is 6. The number of aliphatic hydroxyl groups excluding tert-OH is 1. The Morgan fingerprint density at radius 2 is 1.76 bits per heavy atom. The van der Waals surface area contributed by atoms with Gasteiger partial charge in [0.2, 0.25) is 0 Å². The van der Waals surface area contributed by atoms with Gasteiger partial charge < -0.3 is 19.5 Å². The number of fused-ring (bicyclic) bond motifs is 2. The van der Waals surface area contributed by atoms with E-state index >= 15 is 0 Å². The number of hydrogen-bond donors (Lipinski definition) is 2. The van der Waals surface area contributed by atoms with E-state index in [4.69, 9.17) is 4.74 Å². The van der Waals surface area contributed by atoms with Crippen molar-refractivity contribution < 1.29 is 19.4 Å². The van der Waals surface area contributed by atoms with Crippen LogP contribution in [-0.4, -0.2) is 45.2 Å². The minimum Gasteiger partial charge on any atom is -0.432 e. The van der Waals surface area contributed by atoms with Crippen LogP contribution in [0.2, 0.25) is 18.6 Å². The van der Waals surface area contributed by atoms with E-state index in [-0.39, 0.29) is 23.5 Å². The van der Waals surface area contributed by atoms with Crippen LogP contribution < -0.4 is 4.90 Å². The Bertz CT molecular complexity index is 1580. The van der Waals surface area contributed by atoms with Crippen LogP contribution in [0.5, 0.6) is 0 Å². The highest BCUT2D eigenvalue weighted by Gasteiger charge is 2.66. The van der Waals surface area contributed by atoms with Gasteiger partial charge in [0.25, 0.3) is 5.91 Å². The average Bonchev–Trinajstić information content (AvgIpc) is 3.63. The van der Waals surface area contributed by atoms with Crippen molar-refractivity contribution in [1.82, 2.24) is 15.0 Å². The molecule has 6 rings (SSSR count). The van der Waals surface area contributed by atoms with E-state index in [1.165, 1.54) is 0 Å². The number of benzene rings is 3. The van der Waals surface area contributed by atoms with Crippen LogP contribution in [0.3, 0.4) is 0 Å². The van der Waals surface area contributed by atoms with Crippen molar-refractivity contribution in [2.45, 2.75) is 62.9 Å². The standard InChI is InChI=1S/C32H35IN4O4Si/c1-21-30(42(2,3)40)28(16-17-36-20-26(34-35-36)29(38)23-12-8-5-9-13-23)41-32(21)25-18-24(33)14-15-27(25)37(31(32)39)19-22-10-6-4-7-11-22/h4-15,18,20-21,28-30,38,40H,16-17,19H2,1-3H3/t21-,28+,29+,30-,32+/m0/s1. The molecular formula is C32H35IN4O4Si. The van der Waals surface area contributed by atoms with Crippen molar-refractivity contribution in [2.75, 3.05) is 4.90 Å². The molecule has 2 aliphatic rings. The lowest BCUT2D eigenvalue weighted by molar-refractivity contribution is -0.146. The molecule has 3 aromatic carbocycles. The lowest BCUT2D eigenvalue weighted by Gasteiger charge is -2.32. The molecule has 1 fully saturated rings. The third-order valence-electron chi connectivity index (χ3n) is 8.72. The van der Waals surface area contributed by atoms with E-state index in [1.807, 2.05) is 90.8 Å². The largest absolute Gasteiger partial charge is 0.432 e. The van der Waals surface area contributed by atoms with Gasteiger partial charge in [-0.15, -0.1) is 5.10 Å². The Labute approximate surface area is 260 Å². The summed E-state index contributed by atoms with van der Waals surface area (Å²) >= 11 is 2.29. The number of carbonyl (C=O) groups excluding carboxylic acids is 1. The molecule has 42 heavy (non-hydrogen) atoms. The SMILES string of the molecule is C[C@H]1[C@H]([Si](C)(C)O)[C@@H](CCn2cc([C@H](O)c3ccccc3)nn2)O[C@]12C(=O)N(Cc1ccccc1)c1ccc(I)cc12. The van der Waals surface area contributed by atoms with E-state index < -0.39 is 20.0 Å². The normalized spacial score (nSPS) is 24.4. The van der Waals surface area contributed by atoms with Crippen molar-refractivity contribution in [1.29, 1.82) is 0 Å². The fraction of sp³-hybridized carbons (Fsp3) is 0.344. The molecule has 5 atom stereocenters. The smallest absolute Gasteiger partial charge is 0.264 e. The fourth-order valence-corrected chi connectivity index (χ4v) is 9.95. The predicted molar refractivity (Wildman–Crippen MR) is 171 cm³/mol. The number of rotatable bonds is 8. The quantitative estimate of drug-likeness (QED) is 0.189. The summed E-state index contributed by atoms with van der Waals surface area (Å²) in [6.45, 7) is 6.86. The minimum absolute atomic E-state index is 0.0735. The summed E-state index contributed by atoms with van der Waals surface area (Å²) in [4.78, 5) is 27.9. The highest BCUT2D eigenvalue weighted by Crippen LogP contribution is 2.60. The molecule has 3 heterocycles. The first-order valence-electron chi connectivity index (χ1n) is 14.3. The van der Waals surface area contributed by atoms with Gasteiger partial charge in [-0.3, -0.25) is 9.48 Å². The molecule has 1 spiro atoms. The first-order chi connectivity index (χ1) is 20.1. The van der Waals surface area contributed by atoms with Gasteiger partial charge in [0.05, 0.1) is 24.5 Å².